The molecular formula is C30H41N3O4. The van der Waals surface area contributed by atoms with Gasteiger partial charge in [-0.2, -0.15) is 0 Å². The van der Waals surface area contributed by atoms with E-state index < -0.39 is 11.7 Å². The molecule has 2 aromatic rings. The van der Waals surface area contributed by atoms with Crippen molar-refractivity contribution in [2.45, 2.75) is 73.0 Å². The van der Waals surface area contributed by atoms with Crippen molar-refractivity contribution in [1.29, 1.82) is 0 Å². The number of benzene rings is 2. The van der Waals surface area contributed by atoms with Crippen LogP contribution in [-0.2, 0) is 20.7 Å². The van der Waals surface area contributed by atoms with Gasteiger partial charge in [0.05, 0.1) is 23.9 Å². The van der Waals surface area contributed by atoms with E-state index >= 15 is 0 Å². The van der Waals surface area contributed by atoms with Crippen LogP contribution in [0.2, 0.25) is 0 Å². The highest BCUT2D eigenvalue weighted by atomic mass is 16.6. The number of allylic oxidation sites excluding steroid dienone is 1. The van der Waals surface area contributed by atoms with Crippen LogP contribution in [0, 0.1) is 5.92 Å². The molecule has 200 valence electrons. The lowest BCUT2D eigenvalue weighted by atomic mass is 9.94. The molecule has 1 atom stereocenters. The lowest BCUT2D eigenvalue weighted by molar-refractivity contribution is -0.139. The topological polar surface area (TPSA) is 79.9 Å². The number of hydrogen-bond acceptors (Lipinski definition) is 6. The first kappa shape index (κ1) is 28.3. The Balaban J connectivity index is 1.88. The summed E-state index contributed by atoms with van der Waals surface area (Å²) >= 11 is 0. The standard InChI is InChI=1S/C30H41N3O4/c1-8-18-33-25(26(28(34)36-9-2)27(32-33)20(3)4)19-21-14-16-22(17-15-21)23-12-10-11-13-24(23)31-29(35)37-30(5,6)7/h10-17,20,27,32H,8-9,18-19H2,1-7H3,(H,31,35). The average molecular weight is 508 g/mol. The van der Waals surface area contributed by atoms with Gasteiger partial charge in [0.25, 0.3) is 0 Å². The summed E-state index contributed by atoms with van der Waals surface area (Å²) in [4.78, 5) is 25.3. The summed E-state index contributed by atoms with van der Waals surface area (Å²) in [5.74, 6) is -0.00585. The fraction of sp³-hybridized carbons (Fsp3) is 0.467. The van der Waals surface area contributed by atoms with Gasteiger partial charge in [0, 0.05) is 24.2 Å². The number of anilines is 1. The number of amides is 1. The maximum atomic E-state index is 13.0. The van der Waals surface area contributed by atoms with Crippen molar-refractivity contribution in [3.8, 4) is 11.1 Å². The van der Waals surface area contributed by atoms with Crippen LogP contribution in [0.25, 0.3) is 11.1 Å². The van der Waals surface area contributed by atoms with Gasteiger partial charge >= 0.3 is 12.1 Å². The predicted molar refractivity (Wildman–Crippen MR) is 148 cm³/mol. The number of esters is 1. The van der Waals surface area contributed by atoms with Gasteiger partial charge in [0.15, 0.2) is 0 Å². The first-order valence-electron chi connectivity index (χ1n) is 13.2. The summed E-state index contributed by atoms with van der Waals surface area (Å²) in [7, 11) is 0. The van der Waals surface area contributed by atoms with Crippen LogP contribution in [0.15, 0.2) is 59.8 Å². The highest BCUT2D eigenvalue weighted by Gasteiger charge is 2.37. The Morgan fingerprint density at radius 1 is 1.05 bits per heavy atom. The van der Waals surface area contributed by atoms with Crippen molar-refractivity contribution < 1.29 is 19.1 Å². The second kappa shape index (κ2) is 12.3. The summed E-state index contributed by atoms with van der Waals surface area (Å²) < 4.78 is 10.9. The van der Waals surface area contributed by atoms with Gasteiger partial charge in [-0.25, -0.2) is 15.0 Å². The predicted octanol–water partition coefficient (Wildman–Crippen LogP) is 6.32. The van der Waals surface area contributed by atoms with Gasteiger partial charge in [-0.15, -0.1) is 0 Å². The molecule has 37 heavy (non-hydrogen) atoms. The highest BCUT2D eigenvalue weighted by Crippen LogP contribution is 2.32. The largest absolute Gasteiger partial charge is 0.463 e. The van der Waals surface area contributed by atoms with E-state index in [-0.39, 0.29) is 17.9 Å². The molecule has 1 aliphatic rings. The van der Waals surface area contributed by atoms with Crippen molar-refractivity contribution in [1.82, 2.24) is 10.4 Å². The normalized spacial score (nSPS) is 15.8. The molecule has 1 aliphatic heterocycles. The molecule has 7 heteroatoms. The Labute approximate surface area is 221 Å². The molecule has 0 spiro atoms. The smallest absolute Gasteiger partial charge is 0.412 e. The number of nitrogens with zero attached hydrogens (tertiary/aromatic N) is 1. The highest BCUT2D eigenvalue weighted by molar-refractivity contribution is 5.92. The second-order valence-electron chi connectivity index (χ2n) is 10.6. The molecule has 2 aromatic carbocycles. The molecule has 1 amide bonds. The zero-order chi connectivity index (χ0) is 27.2. The molecule has 0 aromatic heterocycles. The monoisotopic (exact) mass is 507 g/mol. The van der Waals surface area contributed by atoms with Gasteiger partial charge in [-0.3, -0.25) is 5.32 Å². The quantitative estimate of drug-likeness (QED) is 0.387. The fourth-order valence-corrected chi connectivity index (χ4v) is 4.44. The van der Waals surface area contributed by atoms with Crippen LogP contribution in [-0.4, -0.2) is 41.9 Å². The fourth-order valence-electron chi connectivity index (χ4n) is 4.44. The third-order valence-electron chi connectivity index (χ3n) is 6.05. The molecule has 0 saturated heterocycles. The number of carbonyl (C=O) groups excluding carboxylic acids is 2. The van der Waals surface area contributed by atoms with Gasteiger partial charge in [0.2, 0.25) is 0 Å². The Morgan fingerprint density at radius 2 is 1.73 bits per heavy atom. The lowest BCUT2D eigenvalue weighted by Gasteiger charge is -2.24. The SMILES string of the molecule is CCCN1NC(C(C)C)C(C(=O)OCC)=C1Cc1ccc(-c2ccccc2NC(=O)OC(C)(C)C)cc1. The van der Waals surface area contributed by atoms with E-state index in [1.807, 2.05) is 64.1 Å². The Bertz CT molecular complexity index is 1120. The molecular weight excluding hydrogens is 466 g/mol. The summed E-state index contributed by atoms with van der Waals surface area (Å²) in [5.41, 5.74) is 8.31. The summed E-state index contributed by atoms with van der Waals surface area (Å²) in [6.07, 6.45) is 1.08. The number of hydrazine groups is 1. The van der Waals surface area contributed by atoms with Crippen LogP contribution < -0.4 is 10.7 Å². The first-order chi connectivity index (χ1) is 17.5. The molecule has 7 nitrogen and oxygen atoms in total. The number of rotatable bonds is 9. The maximum Gasteiger partial charge on any atom is 0.412 e. The molecule has 0 saturated carbocycles. The van der Waals surface area contributed by atoms with E-state index in [9.17, 15) is 9.59 Å². The van der Waals surface area contributed by atoms with Crippen LogP contribution in [0.3, 0.4) is 0 Å². The van der Waals surface area contributed by atoms with Crippen LogP contribution in [0.5, 0.6) is 0 Å². The van der Waals surface area contributed by atoms with Gasteiger partial charge in [-0.1, -0.05) is 63.2 Å². The Morgan fingerprint density at radius 3 is 2.32 bits per heavy atom. The molecule has 0 fully saturated rings. The number of carbonyl (C=O) groups is 2. The van der Waals surface area contributed by atoms with Crippen molar-refractivity contribution in [3.05, 3.63) is 65.4 Å². The number of ether oxygens (including phenoxy) is 2. The Kier molecular flexibility index (Phi) is 9.38. The molecule has 0 aliphatic carbocycles. The minimum Gasteiger partial charge on any atom is -0.463 e. The summed E-state index contributed by atoms with van der Waals surface area (Å²) in [5, 5.41) is 4.99. The van der Waals surface area contributed by atoms with Crippen molar-refractivity contribution >= 4 is 17.7 Å². The zero-order valence-corrected chi connectivity index (χ0v) is 23.2. The maximum absolute atomic E-state index is 13.0. The average Bonchev–Trinajstić information content (AvgIpc) is 3.17. The Hall–Kier alpha value is -3.32. The van der Waals surface area contributed by atoms with Gasteiger partial charge in [-0.05, 0) is 57.2 Å². The van der Waals surface area contributed by atoms with E-state index in [0.29, 0.717) is 18.7 Å². The number of nitrogens with one attached hydrogen (secondary N) is 2. The molecule has 3 rings (SSSR count). The van der Waals surface area contributed by atoms with Crippen molar-refractivity contribution in [3.63, 3.8) is 0 Å². The summed E-state index contributed by atoms with van der Waals surface area (Å²) in [6, 6.07) is 15.8. The van der Waals surface area contributed by atoms with Crippen LogP contribution >= 0.6 is 0 Å². The number of para-hydroxylation sites is 1. The van der Waals surface area contributed by atoms with Crippen LogP contribution in [0.4, 0.5) is 10.5 Å². The van der Waals surface area contributed by atoms with E-state index in [1.165, 1.54) is 0 Å². The van der Waals surface area contributed by atoms with Gasteiger partial charge in [0.1, 0.15) is 5.60 Å². The van der Waals surface area contributed by atoms with Crippen molar-refractivity contribution in [2.75, 3.05) is 18.5 Å². The molecule has 1 heterocycles. The third kappa shape index (κ3) is 7.35. The number of hydrogen-bond donors (Lipinski definition) is 2. The van der Waals surface area contributed by atoms with E-state index in [4.69, 9.17) is 9.47 Å². The minimum absolute atomic E-state index is 0.0781. The second-order valence-corrected chi connectivity index (χ2v) is 10.6. The molecule has 0 bridgehead atoms. The summed E-state index contributed by atoms with van der Waals surface area (Å²) in [6.45, 7) is 14.9. The molecule has 0 radical (unpaired) electrons. The van der Waals surface area contributed by atoms with Crippen LogP contribution in [0.1, 0.15) is 60.5 Å². The zero-order valence-electron chi connectivity index (χ0n) is 23.2. The van der Waals surface area contributed by atoms with Gasteiger partial charge < -0.3 is 14.5 Å². The molecule has 2 N–H and O–H groups in total. The van der Waals surface area contributed by atoms with E-state index in [1.54, 1.807) is 0 Å². The van der Waals surface area contributed by atoms with E-state index in [2.05, 4.69) is 48.7 Å². The third-order valence-corrected chi connectivity index (χ3v) is 6.05. The lowest BCUT2D eigenvalue weighted by Crippen LogP contribution is -2.41. The minimum atomic E-state index is -0.576. The van der Waals surface area contributed by atoms with Crippen molar-refractivity contribution in [2.24, 2.45) is 5.92 Å². The first-order valence-corrected chi connectivity index (χ1v) is 13.2. The molecule has 1 unspecified atom stereocenters. The van der Waals surface area contributed by atoms with E-state index in [0.717, 1.165) is 40.9 Å².